The number of nitrogens with one attached hydrogen (secondary N) is 1. The SMILES string of the molecule is COCC(=O)N1CCC2(CC[C@@H]3ON=C(C(=O)NCCc4ccncc4)[C@@H]32)CC1. The van der Waals surface area contributed by atoms with Crippen molar-refractivity contribution in [2.45, 2.75) is 38.2 Å². The second-order valence-electron chi connectivity index (χ2n) is 8.17. The molecule has 8 nitrogen and oxygen atoms in total. The van der Waals surface area contributed by atoms with Gasteiger partial charge in [0, 0.05) is 39.1 Å². The number of hydrogen-bond donors (Lipinski definition) is 1. The molecule has 0 unspecified atom stereocenters. The third-order valence-corrected chi connectivity index (χ3v) is 6.60. The third kappa shape index (κ3) is 3.99. The Balaban J connectivity index is 1.36. The topological polar surface area (TPSA) is 93.1 Å². The van der Waals surface area contributed by atoms with Gasteiger partial charge >= 0.3 is 0 Å². The number of carbonyl (C=O) groups is 2. The highest BCUT2D eigenvalue weighted by molar-refractivity contribution is 6.40. The molecule has 0 radical (unpaired) electrons. The molecule has 1 N–H and O–H groups in total. The molecular formula is C21H28N4O4. The van der Waals surface area contributed by atoms with E-state index in [9.17, 15) is 9.59 Å². The van der Waals surface area contributed by atoms with E-state index in [1.54, 1.807) is 12.4 Å². The van der Waals surface area contributed by atoms with Gasteiger partial charge in [-0.3, -0.25) is 14.6 Å². The van der Waals surface area contributed by atoms with Crippen molar-refractivity contribution in [3.05, 3.63) is 30.1 Å². The summed E-state index contributed by atoms with van der Waals surface area (Å²) in [7, 11) is 1.54. The van der Waals surface area contributed by atoms with Crippen LogP contribution in [0.25, 0.3) is 0 Å². The van der Waals surface area contributed by atoms with Crippen molar-refractivity contribution < 1.29 is 19.2 Å². The van der Waals surface area contributed by atoms with Gasteiger partial charge in [-0.25, -0.2) is 0 Å². The lowest BCUT2D eigenvalue weighted by Crippen LogP contribution is -2.49. The van der Waals surface area contributed by atoms with Gasteiger partial charge in [-0.2, -0.15) is 0 Å². The van der Waals surface area contributed by atoms with Crippen LogP contribution in [-0.4, -0.2) is 66.9 Å². The van der Waals surface area contributed by atoms with E-state index in [-0.39, 0.29) is 35.9 Å². The number of aromatic nitrogens is 1. The Hall–Kier alpha value is -2.48. The Morgan fingerprint density at radius 2 is 2.03 bits per heavy atom. The van der Waals surface area contributed by atoms with Gasteiger partial charge in [-0.05, 0) is 55.2 Å². The van der Waals surface area contributed by atoms with Gasteiger partial charge in [-0.15, -0.1) is 0 Å². The number of piperidine rings is 1. The molecule has 3 aliphatic rings. The molecule has 2 atom stereocenters. The van der Waals surface area contributed by atoms with E-state index in [1.165, 1.54) is 7.11 Å². The molecular weight excluding hydrogens is 372 g/mol. The number of carbonyl (C=O) groups excluding carboxylic acids is 2. The van der Waals surface area contributed by atoms with Gasteiger partial charge in [0.15, 0.2) is 5.71 Å². The van der Waals surface area contributed by atoms with Crippen molar-refractivity contribution in [2.24, 2.45) is 16.5 Å². The summed E-state index contributed by atoms with van der Waals surface area (Å²) in [5.41, 5.74) is 1.65. The minimum atomic E-state index is -0.134. The maximum Gasteiger partial charge on any atom is 0.269 e. The Morgan fingerprint density at radius 1 is 1.28 bits per heavy atom. The average Bonchev–Trinajstić information content (AvgIpc) is 3.32. The van der Waals surface area contributed by atoms with Crippen molar-refractivity contribution >= 4 is 17.5 Å². The van der Waals surface area contributed by atoms with Gasteiger partial charge in [0.2, 0.25) is 5.91 Å². The van der Waals surface area contributed by atoms with Crippen LogP contribution in [0.3, 0.4) is 0 Å². The molecule has 1 aliphatic carbocycles. The molecule has 4 rings (SSSR count). The molecule has 8 heteroatoms. The number of fused-ring (bicyclic) bond motifs is 2. The van der Waals surface area contributed by atoms with Gasteiger partial charge in [0.25, 0.3) is 5.91 Å². The van der Waals surface area contributed by atoms with E-state index in [2.05, 4.69) is 15.5 Å². The maximum absolute atomic E-state index is 12.8. The molecule has 1 saturated carbocycles. The Morgan fingerprint density at radius 3 is 2.76 bits per heavy atom. The predicted molar refractivity (Wildman–Crippen MR) is 106 cm³/mol. The van der Waals surface area contributed by atoms with Gasteiger partial charge < -0.3 is 19.8 Å². The van der Waals surface area contributed by atoms with Gasteiger partial charge in [0.1, 0.15) is 12.7 Å². The van der Waals surface area contributed by atoms with E-state index >= 15 is 0 Å². The number of ether oxygens (including phenoxy) is 1. The summed E-state index contributed by atoms with van der Waals surface area (Å²) in [6.07, 6.45) is 7.90. The highest BCUT2D eigenvalue weighted by Crippen LogP contribution is 2.54. The summed E-state index contributed by atoms with van der Waals surface area (Å²) < 4.78 is 4.97. The van der Waals surface area contributed by atoms with E-state index in [0.717, 1.165) is 37.7 Å². The number of hydrogen-bond acceptors (Lipinski definition) is 6. The van der Waals surface area contributed by atoms with Crippen LogP contribution >= 0.6 is 0 Å². The van der Waals surface area contributed by atoms with Crippen LogP contribution in [0.1, 0.15) is 31.2 Å². The number of methoxy groups -OCH3 is 1. The van der Waals surface area contributed by atoms with E-state index in [0.29, 0.717) is 25.3 Å². The number of likely N-dealkylation sites (tertiary alicyclic amines) is 1. The lowest BCUT2D eigenvalue weighted by Gasteiger charge is -2.42. The fraction of sp³-hybridized carbons (Fsp3) is 0.619. The number of oxime groups is 1. The van der Waals surface area contributed by atoms with Crippen LogP contribution in [0.4, 0.5) is 0 Å². The molecule has 1 aromatic rings. The zero-order valence-corrected chi connectivity index (χ0v) is 16.8. The number of pyridine rings is 1. The van der Waals surface area contributed by atoms with Gasteiger partial charge in [-0.1, -0.05) is 5.16 Å². The molecule has 156 valence electrons. The highest BCUT2D eigenvalue weighted by Gasteiger charge is 2.57. The van der Waals surface area contributed by atoms with Crippen molar-refractivity contribution in [1.82, 2.24) is 15.2 Å². The first-order chi connectivity index (χ1) is 14.1. The van der Waals surface area contributed by atoms with Crippen molar-refractivity contribution in [3.63, 3.8) is 0 Å². The smallest absolute Gasteiger partial charge is 0.269 e. The Labute approximate surface area is 170 Å². The number of rotatable bonds is 6. The standard InChI is InChI=1S/C21H28N4O4/c1-28-14-17(26)25-12-7-21(8-13-25)6-2-16-18(21)19(24-29-16)20(27)23-11-5-15-3-9-22-10-4-15/h3-4,9-10,16,18H,2,5-8,11-14H2,1H3,(H,23,27)/t16-,18+/m0/s1. The quantitative estimate of drug-likeness (QED) is 0.774. The molecule has 0 bridgehead atoms. The zero-order valence-electron chi connectivity index (χ0n) is 16.8. The Bertz CT molecular complexity index is 774. The first-order valence-electron chi connectivity index (χ1n) is 10.3. The summed E-state index contributed by atoms with van der Waals surface area (Å²) >= 11 is 0. The number of nitrogens with zero attached hydrogens (tertiary/aromatic N) is 3. The summed E-state index contributed by atoms with van der Waals surface area (Å²) in [5, 5.41) is 7.17. The third-order valence-electron chi connectivity index (χ3n) is 6.60. The lowest BCUT2D eigenvalue weighted by atomic mass is 9.68. The summed E-state index contributed by atoms with van der Waals surface area (Å²) in [6, 6.07) is 3.89. The molecule has 2 fully saturated rings. The van der Waals surface area contributed by atoms with E-state index in [4.69, 9.17) is 9.57 Å². The zero-order chi connectivity index (χ0) is 20.3. The second kappa shape index (κ2) is 8.49. The fourth-order valence-electron chi connectivity index (χ4n) is 5.03. The molecule has 1 saturated heterocycles. The van der Waals surface area contributed by atoms with Crippen LogP contribution in [-0.2, 0) is 25.6 Å². The first-order valence-corrected chi connectivity index (χ1v) is 10.3. The monoisotopic (exact) mass is 400 g/mol. The minimum Gasteiger partial charge on any atom is -0.391 e. The summed E-state index contributed by atoms with van der Waals surface area (Å²) in [6.45, 7) is 2.06. The van der Waals surface area contributed by atoms with E-state index in [1.807, 2.05) is 17.0 Å². The van der Waals surface area contributed by atoms with Crippen LogP contribution in [0.2, 0.25) is 0 Å². The average molecular weight is 400 g/mol. The number of amides is 2. The summed E-state index contributed by atoms with van der Waals surface area (Å²) in [4.78, 5) is 36.5. The molecule has 29 heavy (non-hydrogen) atoms. The maximum atomic E-state index is 12.8. The van der Waals surface area contributed by atoms with Crippen LogP contribution in [0.15, 0.2) is 29.7 Å². The van der Waals surface area contributed by atoms with Crippen molar-refractivity contribution in [1.29, 1.82) is 0 Å². The Kier molecular flexibility index (Phi) is 5.80. The van der Waals surface area contributed by atoms with Gasteiger partial charge in [0.05, 0.1) is 5.92 Å². The molecule has 2 amide bonds. The fourth-order valence-corrected chi connectivity index (χ4v) is 5.03. The molecule has 2 aliphatic heterocycles. The molecule has 0 aromatic carbocycles. The molecule has 3 heterocycles. The van der Waals surface area contributed by atoms with Crippen LogP contribution in [0.5, 0.6) is 0 Å². The minimum absolute atomic E-state index is 0.00765. The largest absolute Gasteiger partial charge is 0.391 e. The predicted octanol–water partition coefficient (Wildman–Crippen LogP) is 1.16. The normalized spacial score (nSPS) is 24.7. The van der Waals surface area contributed by atoms with Crippen molar-refractivity contribution in [3.8, 4) is 0 Å². The molecule has 1 spiro atoms. The lowest BCUT2D eigenvalue weighted by molar-refractivity contribution is -0.137. The van der Waals surface area contributed by atoms with Crippen molar-refractivity contribution in [2.75, 3.05) is 33.4 Å². The van der Waals surface area contributed by atoms with Crippen LogP contribution in [0, 0.1) is 11.3 Å². The molecule has 1 aromatic heterocycles. The van der Waals surface area contributed by atoms with E-state index < -0.39 is 0 Å². The second-order valence-corrected chi connectivity index (χ2v) is 8.17. The first kappa shape index (κ1) is 19.8. The van der Waals surface area contributed by atoms with Crippen LogP contribution < -0.4 is 5.32 Å². The highest BCUT2D eigenvalue weighted by atomic mass is 16.6. The summed E-state index contributed by atoms with van der Waals surface area (Å²) in [5.74, 6) is -0.0869.